The molecule has 0 atom stereocenters. The highest BCUT2D eigenvalue weighted by Crippen LogP contribution is 2.35. The van der Waals surface area contributed by atoms with Crippen LogP contribution in [0, 0.1) is 17.6 Å². The average Bonchev–Trinajstić information content (AvgIpc) is 2.36. The van der Waals surface area contributed by atoms with Crippen molar-refractivity contribution in [3.05, 3.63) is 23.9 Å². The summed E-state index contributed by atoms with van der Waals surface area (Å²) in [6.07, 6.45) is 4.90. The third-order valence-corrected chi connectivity index (χ3v) is 4.19. The second-order valence-corrected chi connectivity index (χ2v) is 5.47. The quantitative estimate of drug-likeness (QED) is 0.844. The second-order valence-electron chi connectivity index (χ2n) is 5.21. The van der Waals surface area contributed by atoms with Crippen LogP contribution < -0.4 is 5.32 Å². The van der Waals surface area contributed by atoms with Crippen LogP contribution in [0.5, 0.6) is 0 Å². The van der Waals surface area contributed by atoms with Crippen molar-refractivity contribution in [1.29, 1.82) is 0 Å². The minimum absolute atomic E-state index is 0.0894. The van der Waals surface area contributed by atoms with E-state index in [2.05, 4.69) is 17.2 Å². The molecule has 1 heterocycles. The van der Waals surface area contributed by atoms with E-state index < -0.39 is 11.6 Å². The van der Waals surface area contributed by atoms with Crippen molar-refractivity contribution in [2.75, 3.05) is 11.2 Å². The molecule has 0 amide bonds. The second kappa shape index (κ2) is 5.39. The van der Waals surface area contributed by atoms with Crippen LogP contribution in [0.15, 0.2) is 12.3 Å². The van der Waals surface area contributed by atoms with E-state index in [1.165, 1.54) is 0 Å². The van der Waals surface area contributed by atoms with E-state index in [1.807, 2.05) is 0 Å². The molecule has 2 rings (SSSR count). The van der Waals surface area contributed by atoms with E-state index >= 15 is 0 Å². The zero-order valence-electron chi connectivity index (χ0n) is 10.3. The molecule has 0 unspecified atom stereocenters. The fourth-order valence-electron chi connectivity index (χ4n) is 2.36. The van der Waals surface area contributed by atoms with E-state index in [1.54, 1.807) is 0 Å². The third kappa shape index (κ3) is 2.91. The maximum atomic E-state index is 13.6. The molecule has 2 nitrogen and oxygen atoms in total. The Hall–Kier alpha value is -0.900. The number of hydrogen-bond acceptors (Lipinski definition) is 2. The normalized spacial score (nSPS) is 28.1. The third-order valence-electron chi connectivity index (χ3n) is 3.68. The summed E-state index contributed by atoms with van der Waals surface area (Å²) in [6.45, 7) is 2.20. The highest BCUT2D eigenvalue weighted by molar-refractivity contribution is 6.18. The van der Waals surface area contributed by atoms with Gasteiger partial charge in [-0.25, -0.2) is 13.8 Å². The molecule has 1 aliphatic carbocycles. The first-order valence-corrected chi connectivity index (χ1v) is 6.73. The fraction of sp³-hybridized carbons (Fsp3) is 0.615. The van der Waals surface area contributed by atoms with Gasteiger partial charge in [-0.15, -0.1) is 11.6 Å². The molecule has 1 fully saturated rings. The zero-order chi connectivity index (χ0) is 13.2. The molecule has 0 aromatic carbocycles. The smallest absolute Gasteiger partial charge is 0.168 e. The number of nitrogens with one attached hydrogen (secondary N) is 1. The van der Waals surface area contributed by atoms with Crippen molar-refractivity contribution in [1.82, 2.24) is 4.98 Å². The first kappa shape index (κ1) is 13.5. The summed E-state index contributed by atoms with van der Waals surface area (Å²) in [4.78, 5) is 3.76. The van der Waals surface area contributed by atoms with E-state index in [-0.39, 0.29) is 11.4 Å². The van der Waals surface area contributed by atoms with Crippen LogP contribution in [0.1, 0.15) is 32.6 Å². The molecule has 1 aliphatic rings. The number of pyridine rings is 1. The van der Waals surface area contributed by atoms with Crippen LogP contribution in [0.4, 0.5) is 14.6 Å². The van der Waals surface area contributed by atoms with Gasteiger partial charge in [-0.2, -0.15) is 0 Å². The molecule has 18 heavy (non-hydrogen) atoms. The van der Waals surface area contributed by atoms with Crippen LogP contribution in [0.3, 0.4) is 0 Å². The Bertz CT molecular complexity index is 417. The van der Waals surface area contributed by atoms with E-state index in [9.17, 15) is 8.78 Å². The van der Waals surface area contributed by atoms with E-state index in [4.69, 9.17) is 11.6 Å². The molecule has 0 radical (unpaired) electrons. The SMILES string of the molecule is CC1CCC(CCl)(Nc2ncc(F)cc2F)CC1. The van der Waals surface area contributed by atoms with E-state index in [0.29, 0.717) is 11.8 Å². The van der Waals surface area contributed by atoms with Gasteiger partial charge >= 0.3 is 0 Å². The Morgan fingerprint density at radius 2 is 2.11 bits per heavy atom. The summed E-state index contributed by atoms with van der Waals surface area (Å²) in [6, 6.07) is 0.836. The monoisotopic (exact) mass is 274 g/mol. The highest BCUT2D eigenvalue weighted by Gasteiger charge is 2.34. The van der Waals surface area contributed by atoms with Crippen molar-refractivity contribution >= 4 is 17.4 Å². The molecule has 5 heteroatoms. The molecule has 1 N–H and O–H groups in total. The molecule has 1 saturated carbocycles. The van der Waals surface area contributed by atoms with Gasteiger partial charge in [0.1, 0.15) is 5.82 Å². The largest absolute Gasteiger partial charge is 0.361 e. The first-order valence-electron chi connectivity index (χ1n) is 6.20. The van der Waals surface area contributed by atoms with Gasteiger partial charge in [0.05, 0.1) is 11.7 Å². The maximum Gasteiger partial charge on any atom is 0.168 e. The predicted octanol–water partition coefficient (Wildman–Crippen LogP) is 3.96. The van der Waals surface area contributed by atoms with Gasteiger partial charge in [-0.05, 0) is 31.6 Å². The van der Waals surface area contributed by atoms with Gasteiger partial charge in [0.2, 0.25) is 0 Å². The summed E-state index contributed by atoms with van der Waals surface area (Å²) < 4.78 is 26.4. The van der Waals surface area contributed by atoms with Crippen LogP contribution in [-0.4, -0.2) is 16.4 Å². The van der Waals surface area contributed by atoms with Gasteiger partial charge in [0.15, 0.2) is 11.6 Å². The number of anilines is 1. The van der Waals surface area contributed by atoms with Crippen LogP contribution in [0.25, 0.3) is 0 Å². The number of hydrogen-bond donors (Lipinski definition) is 1. The van der Waals surface area contributed by atoms with Crippen molar-refractivity contribution < 1.29 is 8.78 Å². The minimum Gasteiger partial charge on any atom is -0.361 e. The zero-order valence-corrected chi connectivity index (χ0v) is 11.1. The molecule has 1 aromatic rings. The maximum absolute atomic E-state index is 13.6. The highest BCUT2D eigenvalue weighted by atomic mass is 35.5. The van der Waals surface area contributed by atoms with Gasteiger partial charge < -0.3 is 5.32 Å². The number of alkyl halides is 1. The number of aromatic nitrogens is 1. The van der Waals surface area contributed by atoms with Gasteiger partial charge in [0.25, 0.3) is 0 Å². The Morgan fingerprint density at radius 3 is 2.67 bits per heavy atom. The van der Waals surface area contributed by atoms with Crippen LogP contribution in [-0.2, 0) is 0 Å². The Labute approximate surface area is 111 Å². The molecule has 100 valence electrons. The number of nitrogens with zero attached hydrogens (tertiary/aromatic N) is 1. The van der Waals surface area contributed by atoms with Crippen molar-refractivity contribution in [3.8, 4) is 0 Å². The van der Waals surface area contributed by atoms with Crippen LogP contribution in [0.2, 0.25) is 0 Å². The summed E-state index contributed by atoms with van der Waals surface area (Å²) in [5.74, 6) is -0.174. The molecule has 0 saturated heterocycles. The minimum atomic E-state index is -0.671. The van der Waals surface area contributed by atoms with E-state index in [0.717, 1.165) is 37.9 Å². The predicted molar refractivity (Wildman–Crippen MR) is 68.9 cm³/mol. The summed E-state index contributed by atoms with van der Waals surface area (Å²) >= 11 is 6.03. The Balaban J connectivity index is 2.15. The summed E-state index contributed by atoms with van der Waals surface area (Å²) in [5, 5.41) is 3.08. The fourth-order valence-corrected chi connectivity index (χ4v) is 2.70. The molecular formula is C13H17ClF2N2. The van der Waals surface area contributed by atoms with Crippen molar-refractivity contribution in [2.24, 2.45) is 5.92 Å². The Kier molecular flexibility index (Phi) is 4.05. The molecule has 0 aliphatic heterocycles. The van der Waals surface area contributed by atoms with Gasteiger partial charge in [-0.3, -0.25) is 0 Å². The number of halogens is 3. The lowest BCUT2D eigenvalue weighted by molar-refractivity contribution is 0.285. The lowest BCUT2D eigenvalue weighted by Crippen LogP contribution is -2.44. The van der Waals surface area contributed by atoms with Crippen molar-refractivity contribution in [3.63, 3.8) is 0 Å². The summed E-state index contributed by atoms with van der Waals surface area (Å²) in [7, 11) is 0. The van der Waals surface area contributed by atoms with Crippen LogP contribution >= 0.6 is 11.6 Å². The summed E-state index contributed by atoms with van der Waals surface area (Å²) in [5.41, 5.74) is -0.320. The molecular weight excluding hydrogens is 258 g/mol. The lowest BCUT2D eigenvalue weighted by Gasteiger charge is -2.39. The first-order chi connectivity index (χ1) is 8.54. The van der Waals surface area contributed by atoms with Gasteiger partial charge in [0, 0.05) is 11.9 Å². The number of rotatable bonds is 3. The Morgan fingerprint density at radius 1 is 1.44 bits per heavy atom. The molecule has 1 aromatic heterocycles. The molecule has 0 bridgehead atoms. The van der Waals surface area contributed by atoms with Gasteiger partial charge in [-0.1, -0.05) is 6.92 Å². The molecule has 0 spiro atoms. The van der Waals surface area contributed by atoms with Crippen molar-refractivity contribution in [2.45, 2.75) is 38.1 Å². The lowest BCUT2D eigenvalue weighted by atomic mass is 9.78. The standard InChI is InChI=1S/C13H17ClF2N2/c1-9-2-4-13(8-14,5-3-9)18-12-11(16)6-10(15)7-17-12/h6-7,9H,2-5,8H2,1H3,(H,17,18). The average molecular weight is 275 g/mol. The topological polar surface area (TPSA) is 24.9 Å².